The van der Waals surface area contributed by atoms with Gasteiger partial charge in [-0.05, 0) is 60.9 Å². The van der Waals surface area contributed by atoms with E-state index in [1.54, 1.807) is 19.2 Å². The van der Waals surface area contributed by atoms with Crippen LogP contribution in [0.4, 0.5) is 5.69 Å². The van der Waals surface area contributed by atoms with Gasteiger partial charge in [-0.15, -0.1) is 6.58 Å². The van der Waals surface area contributed by atoms with Gasteiger partial charge in [-0.25, -0.2) is 8.42 Å². The van der Waals surface area contributed by atoms with Crippen molar-refractivity contribution in [3.63, 3.8) is 0 Å². The van der Waals surface area contributed by atoms with Gasteiger partial charge < -0.3 is 29.7 Å². The van der Waals surface area contributed by atoms with Crippen LogP contribution in [0, 0.1) is 11.8 Å². The summed E-state index contributed by atoms with van der Waals surface area (Å²) >= 11 is 0. The van der Waals surface area contributed by atoms with E-state index in [-0.39, 0.29) is 37.1 Å². The van der Waals surface area contributed by atoms with Crippen molar-refractivity contribution in [1.29, 1.82) is 0 Å². The zero-order valence-electron chi connectivity index (χ0n) is 28.5. The number of para-hydroxylation sites is 1. The molecule has 3 N–H and O–H groups in total. The van der Waals surface area contributed by atoms with E-state index in [1.165, 1.54) is 18.1 Å². The van der Waals surface area contributed by atoms with E-state index in [2.05, 4.69) is 26.9 Å². The van der Waals surface area contributed by atoms with E-state index in [0.717, 1.165) is 11.1 Å². The van der Waals surface area contributed by atoms with Gasteiger partial charge in [0.25, 0.3) is 5.91 Å². The van der Waals surface area contributed by atoms with Crippen LogP contribution in [0.2, 0.25) is 0 Å². The Morgan fingerprint density at radius 1 is 1.06 bits per heavy atom. The first-order valence-electron chi connectivity index (χ1n) is 16.7. The first-order chi connectivity index (χ1) is 23.9. The van der Waals surface area contributed by atoms with Crippen molar-refractivity contribution < 1.29 is 37.0 Å². The van der Waals surface area contributed by atoms with Crippen molar-refractivity contribution in [2.45, 2.75) is 68.5 Å². The Kier molecular flexibility index (Phi) is 9.67. The fourth-order valence-corrected chi connectivity index (χ4v) is 7.82. The summed E-state index contributed by atoms with van der Waals surface area (Å²) in [5.74, 6) is -1.16. The van der Waals surface area contributed by atoms with Crippen LogP contribution in [0.3, 0.4) is 0 Å². The zero-order valence-corrected chi connectivity index (χ0v) is 29.4. The van der Waals surface area contributed by atoms with E-state index in [9.17, 15) is 22.8 Å². The summed E-state index contributed by atoms with van der Waals surface area (Å²) in [6.45, 7) is 7.66. The first kappa shape index (κ1) is 35.0. The second-order valence-electron chi connectivity index (χ2n) is 13.5. The van der Waals surface area contributed by atoms with Gasteiger partial charge in [-0.3, -0.25) is 19.1 Å². The minimum absolute atomic E-state index is 0.0489. The molecule has 3 aliphatic rings. The highest BCUT2D eigenvalue weighted by Crippen LogP contribution is 2.45. The summed E-state index contributed by atoms with van der Waals surface area (Å²) in [7, 11) is -0.797. The number of pyridine rings is 1. The number of likely N-dealkylation sites (tertiary alicyclic amines) is 1. The van der Waals surface area contributed by atoms with E-state index in [1.807, 2.05) is 56.3 Å². The fraction of sp³-hybridized carbons (Fsp3) is 0.444. The van der Waals surface area contributed by atoms with Crippen molar-refractivity contribution in [1.82, 2.24) is 19.9 Å². The van der Waals surface area contributed by atoms with Crippen LogP contribution in [0.25, 0.3) is 10.8 Å². The number of carbonyl (C=O) groups is 3. The van der Waals surface area contributed by atoms with E-state index >= 15 is 0 Å². The number of nitrogens with one attached hydrogen (secondary N) is 3. The molecule has 50 heavy (non-hydrogen) atoms. The molecule has 2 heterocycles. The normalized spacial score (nSPS) is 23.5. The number of ether oxygens (including phenoxy) is 3. The van der Waals surface area contributed by atoms with Gasteiger partial charge in [0.2, 0.25) is 33.6 Å². The highest BCUT2D eigenvalue weighted by Gasteiger charge is 2.62. The maximum Gasteiger partial charge on any atom is 0.259 e. The summed E-state index contributed by atoms with van der Waals surface area (Å²) in [6.07, 6.45) is 2.08. The quantitative estimate of drug-likeness (QED) is 0.212. The summed E-state index contributed by atoms with van der Waals surface area (Å²) in [4.78, 5) is 48.1. The highest BCUT2D eigenvalue weighted by molar-refractivity contribution is 7.91. The van der Waals surface area contributed by atoms with Crippen LogP contribution in [0.15, 0.2) is 67.3 Å². The van der Waals surface area contributed by atoms with Gasteiger partial charge in [0.05, 0.1) is 26.0 Å². The summed E-state index contributed by atoms with van der Waals surface area (Å²) in [5.41, 5.74) is -0.757. The lowest BCUT2D eigenvalue weighted by atomic mass is 10.0. The van der Waals surface area contributed by atoms with E-state index in [4.69, 9.17) is 14.2 Å². The van der Waals surface area contributed by atoms with Crippen LogP contribution in [-0.2, 0) is 24.4 Å². The molecule has 2 aliphatic carbocycles. The molecule has 3 fully saturated rings. The number of anilines is 1. The SMILES string of the molecule is C=C[C@@H]1C[C@]1(NC(=O)[C@@H]1C[C@@H](Oc2nc(OC)cc3cc(OC)ccc23)CN1C(=O)C(Nc1ccccc1)C(C)C)C(=O)NS(=O)(=O)C1CC1. The van der Waals surface area contributed by atoms with Crippen LogP contribution in [-0.4, -0.2) is 85.8 Å². The minimum Gasteiger partial charge on any atom is -0.497 e. The lowest BCUT2D eigenvalue weighted by molar-refractivity contribution is -0.140. The molecule has 13 nitrogen and oxygen atoms in total. The van der Waals surface area contributed by atoms with Gasteiger partial charge in [0, 0.05) is 29.5 Å². The number of amides is 3. The molecule has 1 aliphatic heterocycles. The Morgan fingerprint density at radius 3 is 2.42 bits per heavy atom. The Balaban J connectivity index is 1.30. The summed E-state index contributed by atoms with van der Waals surface area (Å²) in [6, 6.07) is 14.8. The molecule has 266 valence electrons. The summed E-state index contributed by atoms with van der Waals surface area (Å²) < 4.78 is 44.8. The van der Waals surface area contributed by atoms with Gasteiger partial charge in [-0.2, -0.15) is 4.98 Å². The number of sulfonamides is 1. The Morgan fingerprint density at radius 2 is 1.80 bits per heavy atom. The third-order valence-electron chi connectivity index (χ3n) is 9.59. The number of hydrogen-bond donors (Lipinski definition) is 3. The molecule has 0 radical (unpaired) electrons. The van der Waals surface area contributed by atoms with Crippen molar-refractivity contribution in [2.75, 3.05) is 26.1 Å². The first-order valence-corrected chi connectivity index (χ1v) is 18.3. The number of nitrogens with zero attached hydrogens (tertiary/aromatic N) is 2. The second kappa shape index (κ2) is 13.8. The maximum atomic E-state index is 14.4. The standard InChI is InChI=1S/C36H43N5O8S/c1-6-23-19-36(23,35(44)40-50(45,46)27-13-14-27)39-32(42)29-18-26(20-41(29)34(43)31(21(2)3)37-24-10-8-7-9-11-24)49-33-28-15-12-25(47-4)16-22(28)17-30(38-33)48-5/h6-12,15-17,21,23,26-27,29,31,37H,1,13-14,18-20H2,2-5H3,(H,39,42)(H,40,44)/t23-,26-,29+,31?,36-/m1/s1. The van der Waals surface area contributed by atoms with Crippen molar-refractivity contribution in [2.24, 2.45) is 11.8 Å². The van der Waals surface area contributed by atoms with E-state index < -0.39 is 56.7 Å². The number of fused-ring (bicyclic) bond motifs is 1. The highest BCUT2D eigenvalue weighted by atomic mass is 32.2. The molecular formula is C36H43N5O8S. The molecule has 1 unspecified atom stereocenters. The molecule has 5 atom stereocenters. The van der Waals surface area contributed by atoms with Crippen molar-refractivity contribution >= 4 is 44.2 Å². The molecule has 2 saturated carbocycles. The zero-order chi connectivity index (χ0) is 35.8. The molecular weight excluding hydrogens is 662 g/mol. The number of rotatable bonds is 14. The Bertz CT molecular complexity index is 1900. The third kappa shape index (κ3) is 7.07. The number of benzene rings is 2. The van der Waals surface area contributed by atoms with Gasteiger partial charge >= 0.3 is 0 Å². The molecule has 2 aromatic carbocycles. The van der Waals surface area contributed by atoms with Crippen LogP contribution >= 0.6 is 0 Å². The largest absolute Gasteiger partial charge is 0.497 e. The monoisotopic (exact) mass is 705 g/mol. The maximum absolute atomic E-state index is 14.4. The minimum atomic E-state index is -3.87. The van der Waals surface area contributed by atoms with E-state index in [0.29, 0.717) is 29.9 Å². The van der Waals surface area contributed by atoms with Crippen molar-refractivity contribution in [3.8, 4) is 17.5 Å². The van der Waals surface area contributed by atoms with Gasteiger partial charge in [0.15, 0.2) is 0 Å². The lowest BCUT2D eigenvalue weighted by Gasteiger charge is -2.31. The topological polar surface area (TPSA) is 165 Å². The molecule has 14 heteroatoms. The average molecular weight is 706 g/mol. The summed E-state index contributed by atoms with van der Waals surface area (Å²) in [5, 5.41) is 6.98. The molecule has 3 amide bonds. The number of methoxy groups -OCH3 is 2. The molecule has 1 aromatic heterocycles. The third-order valence-corrected chi connectivity index (χ3v) is 11.4. The van der Waals surface area contributed by atoms with Gasteiger partial charge in [0.1, 0.15) is 29.5 Å². The van der Waals surface area contributed by atoms with Crippen LogP contribution in [0.1, 0.15) is 39.5 Å². The second-order valence-corrected chi connectivity index (χ2v) is 15.4. The Labute approximate surface area is 291 Å². The molecule has 6 rings (SSSR count). The number of aromatic nitrogens is 1. The predicted molar refractivity (Wildman–Crippen MR) is 187 cm³/mol. The molecule has 0 spiro atoms. The fourth-order valence-electron chi connectivity index (χ4n) is 6.46. The van der Waals surface area contributed by atoms with Gasteiger partial charge in [-0.1, -0.05) is 38.1 Å². The predicted octanol–water partition coefficient (Wildman–Crippen LogP) is 3.41. The Hall–Kier alpha value is -4.85. The molecule has 3 aromatic rings. The van der Waals surface area contributed by atoms with Crippen molar-refractivity contribution in [3.05, 3.63) is 67.3 Å². The average Bonchev–Trinajstić information content (AvgIpc) is 4.03. The van der Waals surface area contributed by atoms with Crippen LogP contribution < -0.4 is 29.6 Å². The lowest BCUT2D eigenvalue weighted by Crippen LogP contribution is -2.58. The molecule has 1 saturated heterocycles. The number of hydrogen-bond acceptors (Lipinski definition) is 10. The smallest absolute Gasteiger partial charge is 0.259 e. The van der Waals surface area contributed by atoms with Crippen LogP contribution in [0.5, 0.6) is 17.5 Å². The number of carbonyl (C=O) groups excluding carboxylic acids is 3. The molecule has 0 bridgehead atoms.